The van der Waals surface area contributed by atoms with E-state index < -0.39 is 17.4 Å². The van der Waals surface area contributed by atoms with Gasteiger partial charge in [0.2, 0.25) is 0 Å². The quantitative estimate of drug-likeness (QED) is 0.356. The maximum absolute atomic E-state index is 16.3. The average molecular weight is 421 g/mol. The second-order valence-electron chi connectivity index (χ2n) is 8.67. The molecule has 2 heteroatoms. The zero-order valence-electron chi connectivity index (χ0n) is 19.1. The van der Waals surface area contributed by atoms with Crippen LogP contribution >= 0.6 is 0 Å². The van der Waals surface area contributed by atoms with Crippen molar-refractivity contribution in [2.75, 3.05) is 0 Å². The van der Waals surface area contributed by atoms with Crippen LogP contribution in [0.25, 0.3) is 11.1 Å². The molecule has 2 aromatic rings. The van der Waals surface area contributed by atoms with Gasteiger partial charge in [0.1, 0.15) is 0 Å². The van der Waals surface area contributed by atoms with Crippen molar-refractivity contribution in [3.63, 3.8) is 0 Å². The first-order chi connectivity index (χ1) is 14.9. The van der Waals surface area contributed by atoms with Gasteiger partial charge in [-0.2, -0.15) is 0 Å². The van der Waals surface area contributed by atoms with E-state index in [2.05, 4.69) is 20.4 Å². The molecule has 0 bridgehead atoms. The molecule has 0 saturated heterocycles. The highest BCUT2D eigenvalue weighted by Gasteiger charge is 2.46. The predicted molar refractivity (Wildman–Crippen MR) is 129 cm³/mol. The zero-order valence-corrected chi connectivity index (χ0v) is 19.1. The van der Waals surface area contributed by atoms with Crippen LogP contribution in [0.15, 0.2) is 73.1 Å². The molecule has 0 heterocycles. The van der Waals surface area contributed by atoms with Crippen LogP contribution in [-0.2, 0) is 12.8 Å². The molecule has 1 aliphatic carbocycles. The van der Waals surface area contributed by atoms with Crippen molar-refractivity contribution in [1.29, 1.82) is 0 Å². The minimum absolute atomic E-state index is 0.179. The summed E-state index contributed by atoms with van der Waals surface area (Å²) in [5, 5.41) is 0. The highest BCUT2D eigenvalue weighted by molar-refractivity contribution is 5.85. The molecular weight excluding hydrogens is 386 g/mol. The Morgan fingerprint density at radius 1 is 0.903 bits per heavy atom. The highest BCUT2D eigenvalue weighted by Crippen LogP contribution is 2.48. The molecule has 2 aromatic carbocycles. The van der Waals surface area contributed by atoms with Crippen LogP contribution in [0.5, 0.6) is 0 Å². The van der Waals surface area contributed by atoms with Crippen LogP contribution in [0.4, 0.5) is 8.78 Å². The fourth-order valence-corrected chi connectivity index (χ4v) is 4.27. The van der Waals surface area contributed by atoms with Crippen molar-refractivity contribution in [3.05, 3.63) is 95.3 Å². The Morgan fingerprint density at radius 3 is 2.13 bits per heavy atom. The first-order valence-electron chi connectivity index (χ1n) is 11.6. The minimum Gasteiger partial charge on any atom is -0.230 e. The lowest BCUT2D eigenvalue weighted by molar-refractivity contribution is 0.196. The van der Waals surface area contributed by atoms with E-state index in [0.717, 1.165) is 25.7 Å². The standard InChI is InChI=1S/C29H34F2/c1-5-7-8-10-24-14-18-26(19-15-24)27-20-11-21(3)29(31,28(27)30)22(4)25-16-12-23(9-6-2)13-17-25/h11-21H,4-10H2,1-3H3. The number of halogens is 2. The van der Waals surface area contributed by atoms with Crippen molar-refractivity contribution in [2.24, 2.45) is 5.92 Å². The van der Waals surface area contributed by atoms with Crippen molar-refractivity contribution in [2.45, 2.75) is 65.0 Å². The fourth-order valence-electron chi connectivity index (χ4n) is 4.27. The van der Waals surface area contributed by atoms with Crippen LogP contribution in [0.1, 0.15) is 68.7 Å². The topological polar surface area (TPSA) is 0 Å². The molecule has 164 valence electrons. The third-order valence-corrected chi connectivity index (χ3v) is 6.35. The molecule has 2 atom stereocenters. The molecule has 0 amide bonds. The largest absolute Gasteiger partial charge is 0.230 e. The van der Waals surface area contributed by atoms with Gasteiger partial charge >= 0.3 is 0 Å². The third kappa shape index (κ3) is 4.89. The van der Waals surface area contributed by atoms with Crippen molar-refractivity contribution in [3.8, 4) is 0 Å². The lowest BCUT2D eigenvalue weighted by Gasteiger charge is -2.34. The molecule has 3 rings (SSSR count). The molecule has 0 aliphatic heterocycles. The van der Waals surface area contributed by atoms with Crippen LogP contribution < -0.4 is 0 Å². The number of hydrogen-bond acceptors (Lipinski definition) is 0. The first kappa shape index (κ1) is 23.2. The van der Waals surface area contributed by atoms with E-state index in [-0.39, 0.29) is 5.57 Å². The monoisotopic (exact) mass is 420 g/mol. The van der Waals surface area contributed by atoms with E-state index in [0.29, 0.717) is 16.7 Å². The number of benzene rings is 2. The van der Waals surface area contributed by atoms with Gasteiger partial charge in [0.05, 0.1) is 0 Å². The number of rotatable bonds is 9. The summed E-state index contributed by atoms with van der Waals surface area (Å²) in [6.07, 6.45) is 10.0. The van der Waals surface area contributed by atoms with Crippen LogP contribution in [0.2, 0.25) is 0 Å². The molecule has 0 radical (unpaired) electrons. The van der Waals surface area contributed by atoms with Gasteiger partial charge in [-0.05, 0) is 47.1 Å². The molecule has 0 fully saturated rings. The van der Waals surface area contributed by atoms with Gasteiger partial charge in [0, 0.05) is 11.5 Å². The number of hydrogen-bond donors (Lipinski definition) is 0. The van der Waals surface area contributed by atoms with E-state index >= 15 is 8.78 Å². The minimum atomic E-state index is -2.25. The smallest absolute Gasteiger partial charge is 0.193 e. The summed E-state index contributed by atoms with van der Waals surface area (Å²) in [6.45, 7) is 10.0. The third-order valence-electron chi connectivity index (χ3n) is 6.35. The summed E-state index contributed by atoms with van der Waals surface area (Å²) >= 11 is 0. The van der Waals surface area contributed by atoms with Crippen LogP contribution in [0.3, 0.4) is 0 Å². The Hall–Kier alpha value is -2.48. The molecule has 0 aromatic heterocycles. The van der Waals surface area contributed by atoms with Crippen molar-refractivity contribution >= 4 is 11.1 Å². The summed E-state index contributed by atoms with van der Waals surface area (Å²) in [4.78, 5) is 0. The van der Waals surface area contributed by atoms with Crippen molar-refractivity contribution < 1.29 is 8.78 Å². The van der Waals surface area contributed by atoms with Crippen LogP contribution in [0, 0.1) is 5.92 Å². The van der Waals surface area contributed by atoms with Gasteiger partial charge in [-0.1, -0.05) is 107 Å². The average Bonchev–Trinajstić information content (AvgIpc) is 2.79. The lowest BCUT2D eigenvalue weighted by Crippen LogP contribution is -2.35. The number of allylic oxidation sites excluding steroid dienone is 5. The predicted octanol–water partition coefficient (Wildman–Crippen LogP) is 8.68. The van der Waals surface area contributed by atoms with Gasteiger partial charge < -0.3 is 0 Å². The van der Waals surface area contributed by atoms with Gasteiger partial charge in [0.25, 0.3) is 0 Å². The molecular formula is C29H34F2. The van der Waals surface area contributed by atoms with E-state index in [1.54, 1.807) is 19.1 Å². The fraction of sp³-hybridized carbons (Fsp3) is 0.379. The Balaban J connectivity index is 1.89. The van der Waals surface area contributed by atoms with Gasteiger partial charge in [-0.25, -0.2) is 8.78 Å². The first-order valence-corrected chi connectivity index (χ1v) is 11.6. The van der Waals surface area contributed by atoms with E-state index in [1.807, 2.05) is 48.5 Å². The van der Waals surface area contributed by atoms with Gasteiger partial charge in [-0.3, -0.25) is 0 Å². The van der Waals surface area contributed by atoms with E-state index in [1.165, 1.54) is 24.0 Å². The van der Waals surface area contributed by atoms with E-state index in [9.17, 15) is 0 Å². The summed E-state index contributed by atoms with van der Waals surface area (Å²) < 4.78 is 32.0. The normalized spacial score (nSPS) is 20.9. The van der Waals surface area contributed by atoms with Gasteiger partial charge in [-0.15, -0.1) is 0 Å². The Bertz CT molecular complexity index is 947. The van der Waals surface area contributed by atoms with E-state index in [4.69, 9.17) is 0 Å². The molecule has 31 heavy (non-hydrogen) atoms. The molecule has 2 unspecified atom stereocenters. The van der Waals surface area contributed by atoms with Crippen molar-refractivity contribution in [1.82, 2.24) is 0 Å². The zero-order chi connectivity index (χ0) is 22.4. The summed E-state index contributed by atoms with van der Waals surface area (Å²) in [5.74, 6) is -1.38. The van der Waals surface area contributed by atoms with Crippen LogP contribution in [-0.4, -0.2) is 5.67 Å². The Morgan fingerprint density at radius 2 is 1.52 bits per heavy atom. The maximum atomic E-state index is 16.3. The highest BCUT2D eigenvalue weighted by atomic mass is 19.2. The second kappa shape index (κ2) is 10.2. The summed E-state index contributed by atoms with van der Waals surface area (Å²) in [5.41, 5.74) is 2.01. The molecule has 0 saturated carbocycles. The number of alkyl halides is 1. The SMILES string of the molecule is C=C(c1ccc(CCC)cc1)C1(F)C(F)=C(c2ccc(CCCCC)cc2)C=CC1C. The number of aryl methyl sites for hydroxylation is 2. The number of unbranched alkanes of at least 4 members (excludes halogenated alkanes) is 2. The summed E-state index contributed by atoms with van der Waals surface area (Å²) in [6, 6.07) is 15.5. The molecule has 0 spiro atoms. The summed E-state index contributed by atoms with van der Waals surface area (Å²) in [7, 11) is 0. The second-order valence-corrected chi connectivity index (χ2v) is 8.67. The Kier molecular flexibility index (Phi) is 7.64. The maximum Gasteiger partial charge on any atom is 0.193 e. The molecule has 1 aliphatic rings. The lowest BCUT2D eigenvalue weighted by atomic mass is 9.75. The van der Waals surface area contributed by atoms with Gasteiger partial charge in [0.15, 0.2) is 11.5 Å². The molecule has 0 nitrogen and oxygen atoms in total. The molecule has 0 N–H and O–H groups in total. The Labute approximate surface area is 186 Å².